The highest BCUT2D eigenvalue weighted by Crippen LogP contribution is 2.12. The summed E-state index contributed by atoms with van der Waals surface area (Å²) in [7, 11) is 0. The molecule has 0 radical (unpaired) electrons. The predicted molar refractivity (Wildman–Crippen MR) is 54.9 cm³/mol. The van der Waals surface area contributed by atoms with Crippen LogP contribution in [0.2, 0.25) is 0 Å². The van der Waals surface area contributed by atoms with Gasteiger partial charge in [-0.05, 0) is 17.7 Å². The molecule has 3 N–H and O–H groups in total. The molecule has 0 atom stereocenters. The van der Waals surface area contributed by atoms with Gasteiger partial charge >= 0.3 is 0 Å². The molecule has 1 aromatic rings. The number of halogens is 1. The SMILES string of the molecule is NNC(=O)CSCc1ccc(F)cc1. The summed E-state index contributed by atoms with van der Waals surface area (Å²) in [6.07, 6.45) is 0. The van der Waals surface area contributed by atoms with E-state index in [9.17, 15) is 9.18 Å². The van der Waals surface area contributed by atoms with E-state index < -0.39 is 0 Å². The van der Waals surface area contributed by atoms with Crippen molar-refractivity contribution in [3.63, 3.8) is 0 Å². The summed E-state index contributed by atoms with van der Waals surface area (Å²) in [4.78, 5) is 10.7. The molecule has 3 nitrogen and oxygen atoms in total. The fraction of sp³-hybridized carbons (Fsp3) is 0.222. The maximum Gasteiger partial charge on any atom is 0.243 e. The van der Waals surface area contributed by atoms with E-state index >= 15 is 0 Å². The van der Waals surface area contributed by atoms with Gasteiger partial charge in [0, 0.05) is 5.75 Å². The van der Waals surface area contributed by atoms with E-state index in [4.69, 9.17) is 5.84 Å². The molecule has 0 saturated heterocycles. The molecule has 1 amide bonds. The van der Waals surface area contributed by atoms with Crippen molar-refractivity contribution in [2.24, 2.45) is 5.84 Å². The third-order valence-corrected chi connectivity index (χ3v) is 2.58. The maximum atomic E-state index is 12.5. The van der Waals surface area contributed by atoms with E-state index in [1.54, 1.807) is 12.1 Å². The molecule has 0 bridgehead atoms. The monoisotopic (exact) mass is 214 g/mol. The summed E-state index contributed by atoms with van der Waals surface area (Å²) in [5.74, 6) is 5.43. The minimum absolute atomic E-state index is 0.211. The summed E-state index contributed by atoms with van der Waals surface area (Å²) in [6, 6.07) is 6.20. The topological polar surface area (TPSA) is 55.1 Å². The molecule has 0 heterocycles. The number of hydrogen-bond donors (Lipinski definition) is 2. The lowest BCUT2D eigenvalue weighted by molar-refractivity contribution is -0.118. The molecule has 0 saturated carbocycles. The number of nitrogens with one attached hydrogen (secondary N) is 1. The van der Waals surface area contributed by atoms with Gasteiger partial charge in [0.1, 0.15) is 5.82 Å². The third kappa shape index (κ3) is 3.76. The lowest BCUT2D eigenvalue weighted by Crippen LogP contribution is -2.31. The molecule has 0 spiro atoms. The molecular weight excluding hydrogens is 203 g/mol. The number of amides is 1. The van der Waals surface area contributed by atoms with Gasteiger partial charge in [-0.2, -0.15) is 0 Å². The molecule has 0 aliphatic heterocycles. The minimum Gasteiger partial charge on any atom is -0.294 e. The number of nitrogens with two attached hydrogens (primary N) is 1. The molecule has 0 unspecified atom stereocenters. The van der Waals surface area contributed by atoms with Crippen LogP contribution in [0, 0.1) is 5.82 Å². The second-order valence-electron chi connectivity index (χ2n) is 2.69. The smallest absolute Gasteiger partial charge is 0.243 e. The maximum absolute atomic E-state index is 12.5. The Morgan fingerprint density at radius 3 is 2.64 bits per heavy atom. The Morgan fingerprint density at radius 1 is 1.43 bits per heavy atom. The van der Waals surface area contributed by atoms with Crippen LogP contribution in [0.25, 0.3) is 0 Å². The molecule has 0 aliphatic rings. The standard InChI is InChI=1S/C9H11FN2OS/c10-8-3-1-7(2-4-8)5-14-6-9(13)12-11/h1-4H,5-6,11H2,(H,12,13). The fourth-order valence-corrected chi connectivity index (χ4v) is 1.68. The molecule has 0 aromatic heterocycles. The zero-order valence-corrected chi connectivity index (χ0v) is 8.31. The zero-order chi connectivity index (χ0) is 10.4. The van der Waals surface area contributed by atoms with Crippen LogP contribution >= 0.6 is 11.8 Å². The highest BCUT2D eigenvalue weighted by Gasteiger charge is 1.99. The van der Waals surface area contributed by atoms with Gasteiger partial charge in [-0.3, -0.25) is 10.2 Å². The summed E-state index contributed by atoms with van der Waals surface area (Å²) in [6.45, 7) is 0. The van der Waals surface area contributed by atoms with Crippen molar-refractivity contribution in [1.82, 2.24) is 5.43 Å². The van der Waals surface area contributed by atoms with Crippen LogP contribution in [-0.4, -0.2) is 11.7 Å². The first-order chi connectivity index (χ1) is 6.72. The van der Waals surface area contributed by atoms with Crippen molar-refractivity contribution >= 4 is 17.7 Å². The summed E-state index contributed by atoms with van der Waals surface area (Å²) in [5.41, 5.74) is 3.03. The van der Waals surface area contributed by atoms with Gasteiger partial charge in [0.15, 0.2) is 0 Å². The normalized spacial score (nSPS) is 9.86. The van der Waals surface area contributed by atoms with E-state index in [2.05, 4.69) is 0 Å². The molecule has 76 valence electrons. The van der Waals surface area contributed by atoms with E-state index in [-0.39, 0.29) is 11.7 Å². The third-order valence-electron chi connectivity index (χ3n) is 1.58. The van der Waals surface area contributed by atoms with Crippen LogP contribution in [0.4, 0.5) is 4.39 Å². The highest BCUT2D eigenvalue weighted by molar-refractivity contribution is 7.99. The van der Waals surface area contributed by atoms with E-state index in [0.717, 1.165) is 5.56 Å². The fourth-order valence-electron chi connectivity index (χ4n) is 0.884. The van der Waals surface area contributed by atoms with Gasteiger partial charge < -0.3 is 0 Å². The van der Waals surface area contributed by atoms with Gasteiger partial charge in [-0.25, -0.2) is 10.2 Å². The first kappa shape index (κ1) is 11.0. The average Bonchev–Trinajstić information content (AvgIpc) is 2.21. The number of rotatable bonds is 4. The van der Waals surface area contributed by atoms with Gasteiger partial charge in [-0.1, -0.05) is 12.1 Å². The number of thioether (sulfide) groups is 1. The quantitative estimate of drug-likeness (QED) is 0.447. The Bertz CT molecular complexity index is 302. The Balaban J connectivity index is 2.31. The van der Waals surface area contributed by atoms with Gasteiger partial charge in [0.05, 0.1) is 5.75 Å². The number of carbonyl (C=O) groups is 1. The Labute approximate surface area is 85.8 Å². The number of carbonyl (C=O) groups excluding carboxylic acids is 1. The van der Waals surface area contributed by atoms with Crippen LogP contribution in [-0.2, 0) is 10.5 Å². The van der Waals surface area contributed by atoms with Gasteiger partial charge in [0.2, 0.25) is 5.91 Å². The second-order valence-corrected chi connectivity index (χ2v) is 3.67. The second kappa shape index (κ2) is 5.62. The van der Waals surface area contributed by atoms with Crippen molar-refractivity contribution in [1.29, 1.82) is 0 Å². The van der Waals surface area contributed by atoms with Gasteiger partial charge in [0.25, 0.3) is 0 Å². The van der Waals surface area contributed by atoms with Crippen LogP contribution in [0.1, 0.15) is 5.56 Å². The average molecular weight is 214 g/mol. The van der Waals surface area contributed by atoms with Gasteiger partial charge in [-0.15, -0.1) is 11.8 Å². The van der Waals surface area contributed by atoms with Crippen LogP contribution < -0.4 is 11.3 Å². The van der Waals surface area contributed by atoms with Crippen molar-refractivity contribution in [2.75, 3.05) is 5.75 Å². The molecule has 5 heteroatoms. The van der Waals surface area contributed by atoms with Crippen molar-refractivity contribution in [3.8, 4) is 0 Å². The lowest BCUT2D eigenvalue weighted by Gasteiger charge is -2.00. The van der Waals surface area contributed by atoms with E-state index in [1.807, 2.05) is 5.43 Å². The molecule has 0 fully saturated rings. The first-order valence-electron chi connectivity index (χ1n) is 4.04. The molecule has 0 aliphatic carbocycles. The van der Waals surface area contributed by atoms with Crippen LogP contribution in [0.5, 0.6) is 0 Å². The number of hydrogen-bond acceptors (Lipinski definition) is 3. The van der Waals surface area contributed by atoms with E-state index in [0.29, 0.717) is 11.5 Å². The summed E-state index contributed by atoms with van der Waals surface area (Å²) >= 11 is 1.43. The number of benzene rings is 1. The van der Waals surface area contributed by atoms with Crippen LogP contribution in [0.3, 0.4) is 0 Å². The summed E-state index contributed by atoms with van der Waals surface area (Å²) in [5, 5.41) is 0. The predicted octanol–water partition coefficient (Wildman–Crippen LogP) is 1.05. The zero-order valence-electron chi connectivity index (χ0n) is 7.50. The van der Waals surface area contributed by atoms with E-state index in [1.165, 1.54) is 23.9 Å². The molecule has 1 aromatic carbocycles. The highest BCUT2D eigenvalue weighted by atomic mass is 32.2. The van der Waals surface area contributed by atoms with Crippen molar-refractivity contribution in [3.05, 3.63) is 35.6 Å². The first-order valence-corrected chi connectivity index (χ1v) is 5.19. The largest absolute Gasteiger partial charge is 0.294 e. The molecule has 14 heavy (non-hydrogen) atoms. The Hall–Kier alpha value is -1.07. The van der Waals surface area contributed by atoms with Crippen LogP contribution in [0.15, 0.2) is 24.3 Å². The molecule has 1 rings (SSSR count). The lowest BCUT2D eigenvalue weighted by atomic mass is 10.2. The van der Waals surface area contributed by atoms with Crippen molar-refractivity contribution in [2.45, 2.75) is 5.75 Å². The minimum atomic E-state index is -0.251. The summed E-state index contributed by atoms with van der Waals surface area (Å²) < 4.78 is 12.5. The Kier molecular flexibility index (Phi) is 4.42. The molecular formula is C9H11FN2OS. The number of hydrazine groups is 1. The van der Waals surface area contributed by atoms with Crippen molar-refractivity contribution < 1.29 is 9.18 Å². The Morgan fingerprint density at radius 2 is 2.07 bits per heavy atom.